The second-order valence-corrected chi connectivity index (χ2v) is 8.12. The lowest BCUT2D eigenvalue weighted by atomic mass is 9.98. The van der Waals surface area contributed by atoms with Crippen LogP contribution in [0.2, 0.25) is 0 Å². The molecule has 176 valence electrons. The van der Waals surface area contributed by atoms with Gasteiger partial charge in [0.1, 0.15) is 12.6 Å². The van der Waals surface area contributed by atoms with E-state index in [4.69, 9.17) is 11.2 Å². The Morgan fingerprint density at radius 1 is 0.886 bits per heavy atom. The molecule has 0 saturated carbocycles. The highest BCUT2D eigenvalue weighted by Crippen LogP contribution is 2.44. The Bertz CT molecular complexity index is 1240. The smallest absolute Gasteiger partial charge is 0.407 e. The molecule has 2 atom stereocenters. The van der Waals surface area contributed by atoms with Gasteiger partial charge in [0.25, 0.3) is 0 Å². The van der Waals surface area contributed by atoms with E-state index in [1.54, 1.807) is 30.3 Å². The van der Waals surface area contributed by atoms with Crippen LogP contribution in [-0.4, -0.2) is 35.7 Å². The normalized spacial score (nSPS) is 13.5. The Hall–Kier alpha value is -4.57. The number of rotatable bonds is 8. The van der Waals surface area contributed by atoms with Gasteiger partial charge in [-0.05, 0) is 27.8 Å². The van der Waals surface area contributed by atoms with E-state index in [0.717, 1.165) is 22.3 Å². The monoisotopic (exact) mass is 468 g/mol. The fourth-order valence-corrected chi connectivity index (χ4v) is 4.29. The SMILES string of the molecule is C#CCC(NC(=O)OCC1c2ccccc2-c2ccccc21)C(=O)NC(C(=O)O)c1ccccc1. The van der Waals surface area contributed by atoms with Crippen LogP contribution in [0.25, 0.3) is 11.1 Å². The van der Waals surface area contributed by atoms with E-state index in [-0.39, 0.29) is 18.9 Å². The molecule has 0 saturated heterocycles. The molecule has 1 aliphatic rings. The third kappa shape index (κ3) is 5.17. The molecule has 0 spiro atoms. The zero-order chi connectivity index (χ0) is 24.8. The van der Waals surface area contributed by atoms with Gasteiger partial charge < -0.3 is 20.5 Å². The first-order chi connectivity index (χ1) is 17.0. The summed E-state index contributed by atoms with van der Waals surface area (Å²) in [5.74, 6) is 0.258. The highest BCUT2D eigenvalue weighted by atomic mass is 16.5. The number of alkyl carbamates (subject to hydrolysis) is 1. The van der Waals surface area contributed by atoms with Crippen LogP contribution in [-0.2, 0) is 14.3 Å². The van der Waals surface area contributed by atoms with E-state index in [1.165, 1.54) is 0 Å². The quantitative estimate of drug-likeness (QED) is 0.436. The molecule has 3 N–H and O–H groups in total. The molecule has 0 bridgehead atoms. The van der Waals surface area contributed by atoms with Crippen molar-refractivity contribution in [3.8, 4) is 23.5 Å². The summed E-state index contributed by atoms with van der Waals surface area (Å²) in [5.41, 5.74) is 4.72. The Morgan fingerprint density at radius 3 is 2.03 bits per heavy atom. The summed E-state index contributed by atoms with van der Waals surface area (Å²) in [6.45, 7) is 0.0754. The van der Waals surface area contributed by atoms with Crippen LogP contribution >= 0.6 is 0 Å². The Morgan fingerprint density at radius 2 is 1.46 bits per heavy atom. The molecule has 3 aromatic rings. The van der Waals surface area contributed by atoms with Crippen molar-refractivity contribution in [2.75, 3.05) is 6.61 Å². The molecule has 2 unspecified atom stereocenters. The number of nitrogens with one attached hydrogen (secondary N) is 2. The van der Waals surface area contributed by atoms with E-state index in [9.17, 15) is 19.5 Å². The molecule has 0 radical (unpaired) electrons. The van der Waals surface area contributed by atoms with Gasteiger partial charge in [-0.1, -0.05) is 78.9 Å². The number of amides is 2. The lowest BCUT2D eigenvalue weighted by Gasteiger charge is -2.21. The maximum absolute atomic E-state index is 12.8. The van der Waals surface area contributed by atoms with Gasteiger partial charge in [-0.2, -0.15) is 0 Å². The fraction of sp³-hybridized carbons (Fsp3) is 0.179. The molecular weight excluding hydrogens is 444 g/mol. The van der Waals surface area contributed by atoms with Gasteiger partial charge in [-0.15, -0.1) is 12.3 Å². The number of hydrogen-bond acceptors (Lipinski definition) is 4. The van der Waals surface area contributed by atoms with Gasteiger partial charge in [0, 0.05) is 12.3 Å². The van der Waals surface area contributed by atoms with Crippen molar-refractivity contribution < 1.29 is 24.2 Å². The number of aliphatic carboxylic acids is 1. The predicted molar refractivity (Wildman–Crippen MR) is 130 cm³/mol. The maximum Gasteiger partial charge on any atom is 0.407 e. The van der Waals surface area contributed by atoms with Crippen LogP contribution in [0.5, 0.6) is 0 Å². The Balaban J connectivity index is 1.42. The van der Waals surface area contributed by atoms with Crippen LogP contribution in [0, 0.1) is 12.3 Å². The van der Waals surface area contributed by atoms with Crippen molar-refractivity contribution in [1.82, 2.24) is 10.6 Å². The predicted octanol–water partition coefficient (Wildman–Crippen LogP) is 3.86. The highest BCUT2D eigenvalue weighted by molar-refractivity contribution is 5.90. The van der Waals surface area contributed by atoms with Crippen LogP contribution in [0.3, 0.4) is 0 Å². The lowest BCUT2D eigenvalue weighted by Crippen LogP contribution is -2.49. The van der Waals surface area contributed by atoms with E-state index in [2.05, 4.69) is 16.6 Å². The number of carboxylic acids is 1. The lowest BCUT2D eigenvalue weighted by molar-refractivity contribution is -0.142. The minimum Gasteiger partial charge on any atom is -0.479 e. The van der Waals surface area contributed by atoms with E-state index < -0.39 is 30.1 Å². The van der Waals surface area contributed by atoms with Crippen molar-refractivity contribution in [3.63, 3.8) is 0 Å². The Kier molecular flexibility index (Phi) is 7.12. The van der Waals surface area contributed by atoms with Gasteiger partial charge in [-0.25, -0.2) is 9.59 Å². The first-order valence-corrected chi connectivity index (χ1v) is 11.1. The topological polar surface area (TPSA) is 105 Å². The second kappa shape index (κ2) is 10.6. The van der Waals surface area contributed by atoms with Crippen LogP contribution in [0.1, 0.15) is 35.1 Å². The molecule has 1 aliphatic carbocycles. The molecule has 7 heteroatoms. The highest BCUT2D eigenvalue weighted by Gasteiger charge is 2.31. The van der Waals surface area contributed by atoms with Gasteiger partial charge in [-0.3, -0.25) is 4.79 Å². The van der Waals surface area contributed by atoms with Gasteiger partial charge in [0.2, 0.25) is 5.91 Å². The summed E-state index contributed by atoms with van der Waals surface area (Å²) in [4.78, 5) is 37.1. The van der Waals surface area contributed by atoms with Crippen molar-refractivity contribution in [3.05, 3.63) is 95.6 Å². The molecule has 0 aromatic heterocycles. The molecule has 0 fully saturated rings. The van der Waals surface area contributed by atoms with Crippen molar-refractivity contribution >= 4 is 18.0 Å². The zero-order valence-electron chi connectivity index (χ0n) is 18.8. The van der Waals surface area contributed by atoms with Crippen LogP contribution in [0.4, 0.5) is 4.79 Å². The van der Waals surface area contributed by atoms with Gasteiger partial charge in [0.05, 0.1) is 0 Å². The summed E-state index contributed by atoms with van der Waals surface area (Å²) < 4.78 is 5.49. The minimum absolute atomic E-state index is 0.0754. The molecule has 0 aliphatic heterocycles. The van der Waals surface area contributed by atoms with Gasteiger partial charge in [0.15, 0.2) is 6.04 Å². The maximum atomic E-state index is 12.8. The third-order valence-corrected chi connectivity index (χ3v) is 5.94. The minimum atomic E-state index is -1.28. The van der Waals surface area contributed by atoms with E-state index >= 15 is 0 Å². The van der Waals surface area contributed by atoms with E-state index in [1.807, 2.05) is 48.5 Å². The molecule has 4 rings (SSSR count). The molecule has 35 heavy (non-hydrogen) atoms. The van der Waals surface area contributed by atoms with Crippen molar-refractivity contribution in [1.29, 1.82) is 0 Å². The number of benzene rings is 3. The number of carbonyl (C=O) groups is 3. The molecule has 3 aromatic carbocycles. The average molecular weight is 469 g/mol. The van der Waals surface area contributed by atoms with Crippen LogP contribution < -0.4 is 10.6 Å². The summed E-state index contributed by atoms with van der Waals surface area (Å²) in [6, 6.07) is 21.7. The average Bonchev–Trinajstić information content (AvgIpc) is 3.19. The number of hydrogen-bond donors (Lipinski definition) is 3. The number of carboxylic acid groups (broad SMARTS) is 1. The molecule has 2 amide bonds. The van der Waals surface area contributed by atoms with Crippen molar-refractivity contribution in [2.45, 2.75) is 24.4 Å². The van der Waals surface area contributed by atoms with Crippen LogP contribution in [0.15, 0.2) is 78.9 Å². The third-order valence-electron chi connectivity index (χ3n) is 5.94. The first kappa shape index (κ1) is 23.6. The second-order valence-electron chi connectivity index (χ2n) is 8.12. The largest absolute Gasteiger partial charge is 0.479 e. The number of terminal acetylenes is 1. The van der Waals surface area contributed by atoms with E-state index in [0.29, 0.717) is 5.56 Å². The van der Waals surface area contributed by atoms with Crippen molar-refractivity contribution in [2.24, 2.45) is 0 Å². The molecule has 7 nitrogen and oxygen atoms in total. The number of carbonyl (C=O) groups excluding carboxylic acids is 2. The summed E-state index contributed by atoms with van der Waals surface area (Å²) in [6.07, 6.45) is 4.45. The first-order valence-electron chi connectivity index (χ1n) is 11.1. The summed E-state index contributed by atoms with van der Waals surface area (Å²) >= 11 is 0. The summed E-state index contributed by atoms with van der Waals surface area (Å²) in [7, 11) is 0. The summed E-state index contributed by atoms with van der Waals surface area (Å²) in [5, 5.41) is 14.5. The van der Waals surface area contributed by atoms with Gasteiger partial charge >= 0.3 is 12.1 Å². The fourth-order valence-electron chi connectivity index (χ4n) is 4.29. The zero-order valence-corrected chi connectivity index (χ0v) is 18.8. The number of ether oxygens (including phenoxy) is 1. The molecule has 0 heterocycles. The standard InChI is InChI=1S/C28H24N2O5/c1-2-10-24(26(31)30-25(27(32)33)18-11-4-3-5-12-18)29-28(34)35-17-23-21-15-8-6-13-19(21)20-14-7-9-16-22(20)23/h1,3-9,11-16,23-25H,10,17H2,(H,29,34)(H,30,31)(H,32,33). The number of fused-ring (bicyclic) bond motifs is 3. The molecular formula is C28H24N2O5. The Labute approximate surface area is 203 Å².